The summed E-state index contributed by atoms with van der Waals surface area (Å²) >= 11 is 0. The van der Waals surface area contributed by atoms with Gasteiger partial charge in [0.15, 0.2) is 0 Å². The number of carbonyl (C=O) groups excluding carboxylic acids is 1. The van der Waals surface area contributed by atoms with Crippen molar-refractivity contribution >= 4 is 28.6 Å². The molecule has 1 atom stereocenters. The fourth-order valence-corrected chi connectivity index (χ4v) is 3.09. The minimum Gasteiger partial charge on any atom is -0.348 e. The Hall–Kier alpha value is -3.74. The number of rotatable bonds is 6. The van der Waals surface area contributed by atoms with Crippen LogP contribution in [0.15, 0.2) is 67.1 Å². The molecule has 0 bridgehead atoms. The number of benzene rings is 2. The van der Waals surface area contributed by atoms with Crippen LogP contribution in [0.4, 0.5) is 11.6 Å². The molecular weight excluding hydrogens is 364 g/mol. The number of hydrogen-bond acceptors (Lipinski definition) is 5. The van der Waals surface area contributed by atoms with Gasteiger partial charge in [0.05, 0.1) is 17.1 Å². The third-order valence-electron chi connectivity index (χ3n) is 4.68. The largest absolute Gasteiger partial charge is 0.348 e. The topological polar surface area (TPSA) is 84.7 Å². The van der Waals surface area contributed by atoms with E-state index in [0.717, 1.165) is 28.1 Å². The molecule has 0 radical (unpaired) electrons. The summed E-state index contributed by atoms with van der Waals surface area (Å²) in [6.45, 7) is 3.89. The molecule has 29 heavy (non-hydrogen) atoms. The van der Waals surface area contributed by atoms with E-state index in [2.05, 4.69) is 44.6 Å². The van der Waals surface area contributed by atoms with Gasteiger partial charge < -0.3 is 10.6 Å². The maximum Gasteiger partial charge on any atom is 0.225 e. The summed E-state index contributed by atoms with van der Waals surface area (Å²) in [5.41, 5.74) is 3.58. The number of anilines is 2. The van der Waals surface area contributed by atoms with Crippen molar-refractivity contribution in [3.05, 3.63) is 72.7 Å². The van der Waals surface area contributed by atoms with Crippen molar-refractivity contribution in [2.75, 3.05) is 10.6 Å². The molecule has 2 heterocycles. The monoisotopic (exact) mass is 386 g/mol. The van der Waals surface area contributed by atoms with Gasteiger partial charge in [-0.15, -0.1) is 0 Å². The van der Waals surface area contributed by atoms with Gasteiger partial charge in [0, 0.05) is 18.3 Å². The molecule has 7 nitrogen and oxygen atoms in total. The Kier molecular flexibility index (Phi) is 5.20. The number of imidazole rings is 1. The highest BCUT2D eigenvalue weighted by Gasteiger charge is 2.11. The second-order valence-electron chi connectivity index (χ2n) is 6.73. The predicted molar refractivity (Wildman–Crippen MR) is 114 cm³/mol. The van der Waals surface area contributed by atoms with Gasteiger partial charge in [-0.1, -0.05) is 37.3 Å². The third-order valence-corrected chi connectivity index (χ3v) is 4.68. The molecule has 1 amide bonds. The fraction of sp³-hybridized carbons (Fsp3) is 0.182. The highest BCUT2D eigenvalue weighted by molar-refractivity contribution is 5.93. The second-order valence-corrected chi connectivity index (χ2v) is 6.73. The molecule has 0 aliphatic rings. The summed E-state index contributed by atoms with van der Waals surface area (Å²) in [7, 11) is 0. The Balaban J connectivity index is 1.59. The first-order valence-corrected chi connectivity index (χ1v) is 9.56. The lowest BCUT2D eigenvalue weighted by Crippen LogP contribution is -2.10. The van der Waals surface area contributed by atoms with E-state index in [9.17, 15) is 4.79 Å². The molecule has 2 aromatic heterocycles. The molecule has 0 aliphatic carbocycles. The van der Waals surface area contributed by atoms with E-state index >= 15 is 0 Å². The molecule has 2 aromatic carbocycles. The van der Waals surface area contributed by atoms with Crippen LogP contribution >= 0.6 is 0 Å². The highest BCUT2D eigenvalue weighted by atomic mass is 16.1. The number of hydrogen-bond donors (Lipinski definition) is 2. The van der Waals surface area contributed by atoms with E-state index in [4.69, 9.17) is 0 Å². The Bertz CT molecular complexity index is 1140. The molecular formula is C22H22N6O. The van der Waals surface area contributed by atoms with Gasteiger partial charge in [-0.25, -0.2) is 9.97 Å². The number of carbonyl (C=O) groups is 1. The highest BCUT2D eigenvalue weighted by Crippen LogP contribution is 2.22. The van der Waals surface area contributed by atoms with E-state index in [0.29, 0.717) is 12.4 Å². The van der Waals surface area contributed by atoms with E-state index in [1.165, 1.54) is 0 Å². The van der Waals surface area contributed by atoms with Gasteiger partial charge >= 0.3 is 0 Å². The zero-order valence-electron chi connectivity index (χ0n) is 16.3. The lowest BCUT2D eigenvalue weighted by Gasteiger charge is -2.14. The van der Waals surface area contributed by atoms with Crippen molar-refractivity contribution in [1.29, 1.82) is 0 Å². The molecule has 4 rings (SSSR count). The first kappa shape index (κ1) is 18.6. The Morgan fingerprint density at radius 2 is 1.93 bits per heavy atom. The average Bonchev–Trinajstić information content (AvgIpc) is 3.17. The zero-order chi connectivity index (χ0) is 20.2. The minimum absolute atomic E-state index is 0.0252. The standard InChI is InChI=1S/C22H22N6O/c1-3-21(29)26-17-9-10-19-18(13-17)24-14-28(19)20-11-12-23-22(27-20)25-15(2)16-7-5-4-6-8-16/h4-15H,3H2,1-2H3,(H,26,29)(H,23,25,27). The van der Waals surface area contributed by atoms with Crippen molar-refractivity contribution < 1.29 is 4.79 Å². The molecule has 146 valence electrons. The molecule has 2 N–H and O–H groups in total. The van der Waals surface area contributed by atoms with E-state index in [1.807, 2.05) is 54.0 Å². The number of nitrogens with one attached hydrogen (secondary N) is 2. The van der Waals surface area contributed by atoms with E-state index in [1.54, 1.807) is 12.5 Å². The van der Waals surface area contributed by atoms with Gasteiger partial charge in [0.1, 0.15) is 12.1 Å². The fourth-order valence-electron chi connectivity index (χ4n) is 3.09. The lowest BCUT2D eigenvalue weighted by atomic mass is 10.1. The van der Waals surface area contributed by atoms with Crippen LogP contribution in [0.3, 0.4) is 0 Å². The summed E-state index contributed by atoms with van der Waals surface area (Å²) < 4.78 is 1.90. The quantitative estimate of drug-likeness (QED) is 0.515. The normalized spacial score (nSPS) is 11.9. The molecule has 0 saturated carbocycles. The number of fused-ring (bicyclic) bond motifs is 1. The van der Waals surface area contributed by atoms with Gasteiger partial charge in [-0.2, -0.15) is 4.98 Å². The molecule has 0 fully saturated rings. The summed E-state index contributed by atoms with van der Waals surface area (Å²) in [5, 5.41) is 6.20. The van der Waals surface area contributed by atoms with Gasteiger partial charge in [0.25, 0.3) is 0 Å². The molecule has 1 unspecified atom stereocenters. The second kappa shape index (κ2) is 8.10. The first-order chi connectivity index (χ1) is 14.1. The summed E-state index contributed by atoms with van der Waals surface area (Å²) in [5.74, 6) is 1.24. The summed E-state index contributed by atoms with van der Waals surface area (Å²) in [6.07, 6.45) is 3.89. The van der Waals surface area contributed by atoms with Gasteiger partial charge in [0.2, 0.25) is 11.9 Å². The van der Waals surface area contributed by atoms with Crippen molar-refractivity contribution in [3.63, 3.8) is 0 Å². The van der Waals surface area contributed by atoms with Crippen molar-refractivity contribution in [2.45, 2.75) is 26.3 Å². The number of nitrogens with zero attached hydrogens (tertiary/aromatic N) is 4. The summed E-state index contributed by atoms with van der Waals surface area (Å²) in [6, 6.07) is 17.7. The molecule has 4 aromatic rings. The minimum atomic E-state index is -0.0252. The predicted octanol–water partition coefficient (Wildman–Crippen LogP) is 4.34. The number of amides is 1. The van der Waals surface area contributed by atoms with Crippen LogP contribution in [0, 0.1) is 0 Å². The Morgan fingerprint density at radius 1 is 1.10 bits per heavy atom. The van der Waals surface area contributed by atoms with Gasteiger partial charge in [-0.3, -0.25) is 9.36 Å². The molecule has 7 heteroatoms. The Morgan fingerprint density at radius 3 is 2.72 bits per heavy atom. The van der Waals surface area contributed by atoms with Crippen molar-refractivity contribution in [2.24, 2.45) is 0 Å². The Labute approximate surface area is 168 Å². The van der Waals surface area contributed by atoms with Crippen LogP contribution in [0.25, 0.3) is 16.9 Å². The van der Waals surface area contributed by atoms with Crippen molar-refractivity contribution in [3.8, 4) is 5.82 Å². The molecule has 0 spiro atoms. The average molecular weight is 386 g/mol. The smallest absolute Gasteiger partial charge is 0.225 e. The van der Waals surface area contributed by atoms with E-state index in [-0.39, 0.29) is 11.9 Å². The van der Waals surface area contributed by atoms with Crippen LogP contribution in [-0.4, -0.2) is 25.4 Å². The maximum absolute atomic E-state index is 11.6. The summed E-state index contributed by atoms with van der Waals surface area (Å²) in [4.78, 5) is 25.1. The van der Waals surface area contributed by atoms with Crippen LogP contribution in [-0.2, 0) is 4.79 Å². The maximum atomic E-state index is 11.6. The molecule has 0 saturated heterocycles. The first-order valence-electron chi connectivity index (χ1n) is 9.56. The van der Waals surface area contributed by atoms with Crippen LogP contribution in [0.5, 0.6) is 0 Å². The van der Waals surface area contributed by atoms with Gasteiger partial charge in [-0.05, 0) is 36.8 Å². The van der Waals surface area contributed by atoms with Crippen LogP contribution in [0.2, 0.25) is 0 Å². The molecule has 0 aliphatic heterocycles. The lowest BCUT2D eigenvalue weighted by molar-refractivity contribution is -0.115. The third kappa shape index (κ3) is 4.08. The SMILES string of the molecule is CCC(=O)Nc1ccc2c(c1)ncn2-c1ccnc(NC(C)c2ccccc2)n1. The van der Waals surface area contributed by atoms with Crippen LogP contribution in [0.1, 0.15) is 31.9 Å². The van der Waals surface area contributed by atoms with Crippen LogP contribution < -0.4 is 10.6 Å². The number of aromatic nitrogens is 4. The van der Waals surface area contributed by atoms with Crippen molar-refractivity contribution in [1.82, 2.24) is 19.5 Å². The van der Waals surface area contributed by atoms with E-state index < -0.39 is 0 Å². The zero-order valence-corrected chi connectivity index (χ0v) is 16.3.